The Morgan fingerprint density at radius 2 is 1.87 bits per heavy atom. The van der Waals surface area contributed by atoms with Crippen LogP contribution in [0.4, 0.5) is 0 Å². The van der Waals surface area contributed by atoms with E-state index < -0.39 is 11.8 Å². The Morgan fingerprint density at radius 3 is 2.33 bits per heavy atom. The number of hydrogen-bond donors (Lipinski definition) is 1. The molecule has 0 amide bonds. The van der Waals surface area contributed by atoms with Gasteiger partial charge in [-0.15, -0.1) is 0 Å². The maximum Gasteiger partial charge on any atom is 0.372 e. The van der Waals surface area contributed by atoms with Gasteiger partial charge in [0.25, 0.3) is 0 Å². The summed E-state index contributed by atoms with van der Waals surface area (Å²) in [4.78, 5) is 22.3. The van der Waals surface area contributed by atoms with Gasteiger partial charge in [0.15, 0.2) is 0 Å². The first kappa shape index (κ1) is 12.2. The highest BCUT2D eigenvalue weighted by molar-refractivity contribution is 6.33. The number of carboxylic acid groups (broad SMARTS) is 1. The van der Waals surface area contributed by atoms with Crippen LogP contribution in [0.1, 0.15) is 40.0 Å². The van der Waals surface area contributed by atoms with E-state index in [0.717, 1.165) is 19.3 Å². The normalized spacial score (nSPS) is 31.6. The number of carbonyl (C=O) groups is 2. The second-order valence-corrected chi connectivity index (χ2v) is 5.10. The van der Waals surface area contributed by atoms with Gasteiger partial charge in [0.1, 0.15) is 0 Å². The lowest BCUT2D eigenvalue weighted by atomic mass is 9.68. The van der Waals surface area contributed by atoms with Crippen molar-refractivity contribution in [3.05, 3.63) is 0 Å². The van der Waals surface area contributed by atoms with Crippen molar-refractivity contribution < 1.29 is 14.7 Å². The SMILES string of the molecule is CC(C)[C@H]1CC[C@H](C)C[C@@H]1C(=O)C(=O)O. The van der Waals surface area contributed by atoms with Crippen molar-refractivity contribution in [3.63, 3.8) is 0 Å². The first-order valence-electron chi connectivity index (χ1n) is 5.70. The zero-order valence-electron chi connectivity index (χ0n) is 9.69. The number of rotatable bonds is 3. The van der Waals surface area contributed by atoms with Gasteiger partial charge >= 0.3 is 5.97 Å². The van der Waals surface area contributed by atoms with Crippen molar-refractivity contribution >= 4 is 11.8 Å². The molecule has 0 saturated heterocycles. The molecule has 1 saturated carbocycles. The van der Waals surface area contributed by atoms with Crippen molar-refractivity contribution in [2.45, 2.75) is 40.0 Å². The molecule has 3 atom stereocenters. The molecule has 1 aliphatic carbocycles. The minimum atomic E-state index is -1.26. The predicted octanol–water partition coefficient (Wildman–Crippen LogP) is 2.35. The molecule has 0 aromatic rings. The van der Waals surface area contributed by atoms with Crippen molar-refractivity contribution in [1.29, 1.82) is 0 Å². The van der Waals surface area contributed by atoms with Crippen LogP contribution in [-0.4, -0.2) is 16.9 Å². The Hall–Kier alpha value is -0.860. The maximum absolute atomic E-state index is 11.6. The Labute approximate surface area is 90.9 Å². The number of ketones is 1. The van der Waals surface area contributed by atoms with Gasteiger partial charge in [-0.3, -0.25) is 4.79 Å². The molecule has 3 heteroatoms. The summed E-state index contributed by atoms with van der Waals surface area (Å²) < 4.78 is 0. The molecule has 1 fully saturated rings. The fourth-order valence-electron chi connectivity index (χ4n) is 2.66. The first-order valence-corrected chi connectivity index (χ1v) is 5.70. The highest BCUT2D eigenvalue weighted by Crippen LogP contribution is 2.38. The lowest BCUT2D eigenvalue weighted by Gasteiger charge is -2.35. The molecule has 0 aliphatic heterocycles. The first-order chi connectivity index (χ1) is 6.93. The monoisotopic (exact) mass is 212 g/mol. The van der Waals surface area contributed by atoms with E-state index in [9.17, 15) is 9.59 Å². The van der Waals surface area contributed by atoms with E-state index in [-0.39, 0.29) is 11.8 Å². The zero-order valence-corrected chi connectivity index (χ0v) is 9.69. The molecule has 3 nitrogen and oxygen atoms in total. The number of aliphatic carboxylic acids is 1. The fourth-order valence-corrected chi connectivity index (χ4v) is 2.66. The van der Waals surface area contributed by atoms with Crippen LogP contribution >= 0.6 is 0 Å². The van der Waals surface area contributed by atoms with Gasteiger partial charge in [-0.1, -0.05) is 27.2 Å². The Morgan fingerprint density at radius 1 is 1.27 bits per heavy atom. The van der Waals surface area contributed by atoms with Crippen molar-refractivity contribution in [1.82, 2.24) is 0 Å². The number of Topliss-reactive ketones (excluding diaryl/α,β-unsaturated/α-hetero) is 1. The fraction of sp³-hybridized carbons (Fsp3) is 0.833. The van der Waals surface area contributed by atoms with E-state index in [4.69, 9.17) is 5.11 Å². The van der Waals surface area contributed by atoms with Gasteiger partial charge in [-0.25, -0.2) is 4.79 Å². The molecule has 1 N–H and O–H groups in total. The highest BCUT2D eigenvalue weighted by atomic mass is 16.4. The molecule has 1 aliphatic rings. The lowest BCUT2D eigenvalue weighted by Crippen LogP contribution is -2.36. The van der Waals surface area contributed by atoms with Gasteiger partial charge in [-0.2, -0.15) is 0 Å². The van der Waals surface area contributed by atoms with Crippen molar-refractivity contribution in [2.75, 3.05) is 0 Å². The molecule has 0 aromatic heterocycles. The van der Waals surface area contributed by atoms with Gasteiger partial charge < -0.3 is 5.11 Å². The van der Waals surface area contributed by atoms with Crippen molar-refractivity contribution in [3.8, 4) is 0 Å². The summed E-state index contributed by atoms with van der Waals surface area (Å²) >= 11 is 0. The predicted molar refractivity (Wildman–Crippen MR) is 57.5 cm³/mol. The minimum Gasteiger partial charge on any atom is -0.475 e. The molecule has 0 radical (unpaired) electrons. The van der Waals surface area contributed by atoms with Crippen LogP contribution in [0.3, 0.4) is 0 Å². The minimum absolute atomic E-state index is 0.254. The van der Waals surface area contributed by atoms with E-state index in [1.54, 1.807) is 0 Å². The molecule has 86 valence electrons. The standard InChI is InChI=1S/C12H20O3/c1-7(2)9-5-4-8(3)6-10(9)11(13)12(14)15/h7-10H,4-6H2,1-3H3,(H,14,15)/t8-,9+,10-/m0/s1. The lowest BCUT2D eigenvalue weighted by molar-refractivity contribution is -0.153. The Kier molecular flexibility index (Phi) is 3.89. The van der Waals surface area contributed by atoms with E-state index in [1.165, 1.54) is 0 Å². The number of hydrogen-bond acceptors (Lipinski definition) is 2. The number of carboxylic acids is 1. The molecule has 0 aromatic carbocycles. The van der Waals surface area contributed by atoms with Crippen LogP contribution < -0.4 is 0 Å². The van der Waals surface area contributed by atoms with Gasteiger partial charge in [0.2, 0.25) is 5.78 Å². The summed E-state index contributed by atoms with van der Waals surface area (Å²) in [6, 6.07) is 0. The van der Waals surface area contributed by atoms with Crippen LogP contribution in [-0.2, 0) is 9.59 Å². The molecule has 0 heterocycles. The second-order valence-electron chi connectivity index (χ2n) is 5.10. The molecular formula is C12H20O3. The molecule has 1 rings (SSSR count). The van der Waals surface area contributed by atoms with Gasteiger partial charge in [0, 0.05) is 5.92 Å². The molecule has 0 bridgehead atoms. The van der Waals surface area contributed by atoms with Crippen LogP contribution in [0, 0.1) is 23.7 Å². The summed E-state index contributed by atoms with van der Waals surface area (Å²) in [5.41, 5.74) is 0. The molecule has 0 spiro atoms. The highest BCUT2D eigenvalue weighted by Gasteiger charge is 2.37. The smallest absolute Gasteiger partial charge is 0.372 e. The third-order valence-corrected chi connectivity index (χ3v) is 3.57. The number of carbonyl (C=O) groups excluding carboxylic acids is 1. The third-order valence-electron chi connectivity index (χ3n) is 3.57. The van der Waals surface area contributed by atoms with Crippen LogP contribution in [0.25, 0.3) is 0 Å². The molecule has 15 heavy (non-hydrogen) atoms. The Balaban J connectivity index is 2.79. The van der Waals surface area contributed by atoms with Gasteiger partial charge in [-0.05, 0) is 30.6 Å². The van der Waals surface area contributed by atoms with Gasteiger partial charge in [0.05, 0.1) is 0 Å². The summed E-state index contributed by atoms with van der Waals surface area (Å²) in [5, 5.41) is 8.77. The van der Waals surface area contributed by atoms with Crippen LogP contribution in [0.2, 0.25) is 0 Å². The van der Waals surface area contributed by atoms with Crippen molar-refractivity contribution in [2.24, 2.45) is 23.7 Å². The molecular weight excluding hydrogens is 192 g/mol. The summed E-state index contributed by atoms with van der Waals surface area (Å²) in [7, 11) is 0. The average molecular weight is 212 g/mol. The average Bonchev–Trinajstić information content (AvgIpc) is 2.15. The quantitative estimate of drug-likeness (QED) is 0.730. The summed E-state index contributed by atoms with van der Waals surface area (Å²) in [6.45, 7) is 6.24. The topological polar surface area (TPSA) is 54.4 Å². The summed E-state index contributed by atoms with van der Waals surface area (Å²) in [6.07, 6.45) is 2.85. The largest absolute Gasteiger partial charge is 0.475 e. The second kappa shape index (κ2) is 4.77. The summed E-state index contributed by atoms with van der Waals surface area (Å²) in [5.74, 6) is -0.977. The van der Waals surface area contributed by atoms with E-state index in [1.807, 2.05) is 0 Å². The molecule has 0 unspecified atom stereocenters. The van der Waals surface area contributed by atoms with Crippen LogP contribution in [0.15, 0.2) is 0 Å². The zero-order chi connectivity index (χ0) is 11.6. The van der Waals surface area contributed by atoms with E-state index in [0.29, 0.717) is 11.8 Å². The third kappa shape index (κ3) is 2.80. The maximum atomic E-state index is 11.6. The van der Waals surface area contributed by atoms with Crippen LogP contribution in [0.5, 0.6) is 0 Å². The van der Waals surface area contributed by atoms with E-state index in [2.05, 4.69) is 20.8 Å². The Bertz CT molecular complexity index is 258. The van der Waals surface area contributed by atoms with E-state index >= 15 is 0 Å².